The van der Waals surface area contributed by atoms with E-state index in [1.165, 1.54) is 29.5 Å². The van der Waals surface area contributed by atoms with Gasteiger partial charge in [-0.25, -0.2) is 9.78 Å². The SMILES string of the molecule is COC(=O)c1ccc(C2/C(=C(\O)c3ccc(OCc4cccc(C)c4)cc3)C(=O)C(=O)N2c2nccs2)cc1. The Morgan fingerprint density at radius 2 is 1.74 bits per heavy atom. The topological polar surface area (TPSA) is 106 Å². The molecule has 0 saturated carbocycles. The zero-order chi connectivity index (χ0) is 27.5. The predicted octanol–water partition coefficient (Wildman–Crippen LogP) is 5.44. The van der Waals surface area contributed by atoms with Crippen LogP contribution < -0.4 is 9.64 Å². The minimum absolute atomic E-state index is 0.0746. The smallest absolute Gasteiger partial charge is 0.337 e. The van der Waals surface area contributed by atoms with Crippen LogP contribution in [0.2, 0.25) is 0 Å². The van der Waals surface area contributed by atoms with Gasteiger partial charge in [-0.15, -0.1) is 11.3 Å². The molecule has 9 heteroatoms. The van der Waals surface area contributed by atoms with Gasteiger partial charge >= 0.3 is 11.9 Å². The number of aryl methyl sites for hydroxylation is 1. The molecule has 1 unspecified atom stereocenters. The lowest BCUT2D eigenvalue weighted by Gasteiger charge is -2.23. The number of aliphatic hydroxyl groups is 1. The summed E-state index contributed by atoms with van der Waals surface area (Å²) in [4.78, 5) is 43.8. The summed E-state index contributed by atoms with van der Waals surface area (Å²) in [7, 11) is 1.28. The monoisotopic (exact) mass is 540 g/mol. The van der Waals surface area contributed by atoms with Crippen molar-refractivity contribution in [1.29, 1.82) is 0 Å². The number of benzene rings is 3. The summed E-state index contributed by atoms with van der Waals surface area (Å²) in [5.41, 5.74) is 3.29. The normalized spacial score (nSPS) is 16.4. The third kappa shape index (κ3) is 5.17. The summed E-state index contributed by atoms with van der Waals surface area (Å²) in [5.74, 6) is -1.87. The Hall–Kier alpha value is -4.76. The van der Waals surface area contributed by atoms with E-state index in [9.17, 15) is 19.5 Å². The molecule has 1 amide bonds. The Labute approximate surface area is 228 Å². The van der Waals surface area contributed by atoms with Gasteiger partial charge in [0.2, 0.25) is 0 Å². The molecule has 8 nitrogen and oxygen atoms in total. The van der Waals surface area contributed by atoms with Crippen molar-refractivity contribution in [3.63, 3.8) is 0 Å². The van der Waals surface area contributed by atoms with Gasteiger partial charge in [0, 0.05) is 17.1 Å². The van der Waals surface area contributed by atoms with Crippen LogP contribution in [0.1, 0.15) is 38.7 Å². The maximum absolute atomic E-state index is 13.3. The highest BCUT2D eigenvalue weighted by atomic mass is 32.1. The maximum atomic E-state index is 13.3. The fourth-order valence-electron chi connectivity index (χ4n) is 4.43. The lowest BCUT2D eigenvalue weighted by atomic mass is 9.94. The molecule has 4 aromatic rings. The van der Waals surface area contributed by atoms with Gasteiger partial charge in [0.1, 0.15) is 18.1 Å². The first-order valence-electron chi connectivity index (χ1n) is 12.0. The summed E-state index contributed by atoms with van der Waals surface area (Å²) >= 11 is 1.20. The quantitative estimate of drug-likeness (QED) is 0.144. The molecule has 1 aliphatic rings. The van der Waals surface area contributed by atoms with Crippen LogP contribution in [0.15, 0.2) is 89.9 Å². The molecule has 39 heavy (non-hydrogen) atoms. The summed E-state index contributed by atoms with van der Waals surface area (Å²) in [5, 5.41) is 13.3. The molecule has 0 spiro atoms. The number of thiazole rings is 1. The van der Waals surface area contributed by atoms with E-state index in [1.54, 1.807) is 53.9 Å². The third-order valence-corrected chi connectivity index (χ3v) is 7.10. The number of anilines is 1. The molecule has 2 heterocycles. The molecule has 1 aromatic heterocycles. The molecular formula is C30H24N2O6S. The molecule has 0 aliphatic carbocycles. The summed E-state index contributed by atoms with van der Waals surface area (Å²) in [6, 6.07) is 20.1. The number of methoxy groups -OCH3 is 1. The van der Waals surface area contributed by atoms with Crippen LogP contribution in [0.3, 0.4) is 0 Å². The number of aromatic nitrogens is 1. The van der Waals surface area contributed by atoms with E-state index in [1.807, 2.05) is 31.2 Å². The van der Waals surface area contributed by atoms with Crippen LogP contribution in [-0.4, -0.2) is 34.9 Å². The van der Waals surface area contributed by atoms with Crippen molar-refractivity contribution in [3.05, 3.63) is 118 Å². The van der Waals surface area contributed by atoms with Crippen molar-refractivity contribution in [2.75, 3.05) is 12.0 Å². The second-order valence-electron chi connectivity index (χ2n) is 8.90. The standard InChI is InChI=1S/C30H24N2O6S/c1-18-4-3-5-19(16-18)17-38-23-12-10-21(11-13-23)26(33)24-25(20-6-8-22(9-7-20)29(36)37-2)32(28(35)27(24)34)30-31-14-15-39-30/h3-16,25,33H,17H2,1-2H3/b26-24+. The fraction of sp³-hybridized carbons (Fsp3) is 0.133. The zero-order valence-electron chi connectivity index (χ0n) is 21.2. The van der Waals surface area contributed by atoms with Crippen LogP contribution in [0.4, 0.5) is 5.13 Å². The van der Waals surface area contributed by atoms with E-state index in [0.29, 0.717) is 34.2 Å². The maximum Gasteiger partial charge on any atom is 0.337 e. The van der Waals surface area contributed by atoms with Gasteiger partial charge in [-0.1, -0.05) is 42.0 Å². The van der Waals surface area contributed by atoms with Crippen molar-refractivity contribution in [1.82, 2.24) is 4.98 Å². The Bertz CT molecular complexity index is 1560. The van der Waals surface area contributed by atoms with Crippen molar-refractivity contribution in [2.45, 2.75) is 19.6 Å². The fourth-order valence-corrected chi connectivity index (χ4v) is 5.10. The van der Waals surface area contributed by atoms with Gasteiger partial charge in [-0.3, -0.25) is 14.5 Å². The summed E-state index contributed by atoms with van der Waals surface area (Å²) < 4.78 is 10.6. The predicted molar refractivity (Wildman–Crippen MR) is 147 cm³/mol. The number of aliphatic hydroxyl groups excluding tert-OH is 1. The minimum Gasteiger partial charge on any atom is -0.507 e. The Kier molecular flexibility index (Phi) is 7.25. The van der Waals surface area contributed by atoms with Crippen LogP contribution >= 0.6 is 11.3 Å². The van der Waals surface area contributed by atoms with Crippen LogP contribution in [0, 0.1) is 6.92 Å². The molecule has 1 atom stereocenters. The molecule has 0 radical (unpaired) electrons. The molecule has 1 saturated heterocycles. The van der Waals surface area contributed by atoms with E-state index in [2.05, 4.69) is 4.98 Å². The Morgan fingerprint density at radius 3 is 2.38 bits per heavy atom. The molecule has 0 bridgehead atoms. The lowest BCUT2D eigenvalue weighted by molar-refractivity contribution is -0.132. The molecule has 1 N–H and O–H groups in total. The molecule has 3 aromatic carbocycles. The summed E-state index contributed by atoms with van der Waals surface area (Å²) in [6.07, 6.45) is 1.53. The van der Waals surface area contributed by atoms with E-state index in [0.717, 1.165) is 11.1 Å². The number of Topliss-reactive ketones (excluding diaryl/α,β-unsaturated/α-hetero) is 1. The minimum atomic E-state index is -0.944. The number of ketones is 1. The van der Waals surface area contributed by atoms with E-state index in [-0.39, 0.29) is 11.3 Å². The highest BCUT2D eigenvalue weighted by Crippen LogP contribution is 2.42. The van der Waals surface area contributed by atoms with Crippen molar-refractivity contribution >= 4 is 39.9 Å². The van der Waals surface area contributed by atoms with Crippen molar-refractivity contribution in [2.24, 2.45) is 0 Å². The molecule has 1 aliphatic heterocycles. The number of nitrogens with zero attached hydrogens (tertiary/aromatic N) is 2. The number of esters is 1. The van der Waals surface area contributed by atoms with E-state index < -0.39 is 23.7 Å². The zero-order valence-corrected chi connectivity index (χ0v) is 22.0. The second-order valence-corrected chi connectivity index (χ2v) is 9.77. The van der Waals surface area contributed by atoms with Crippen molar-refractivity contribution in [3.8, 4) is 5.75 Å². The van der Waals surface area contributed by atoms with E-state index >= 15 is 0 Å². The first-order chi connectivity index (χ1) is 18.9. The van der Waals surface area contributed by atoms with Crippen LogP contribution in [-0.2, 0) is 20.9 Å². The third-order valence-electron chi connectivity index (χ3n) is 6.33. The van der Waals surface area contributed by atoms with Gasteiger partial charge in [-0.05, 0) is 54.4 Å². The van der Waals surface area contributed by atoms with Gasteiger partial charge in [0.25, 0.3) is 5.78 Å². The highest BCUT2D eigenvalue weighted by molar-refractivity contribution is 7.14. The largest absolute Gasteiger partial charge is 0.507 e. The Morgan fingerprint density at radius 1 is 1.03 bits per heavy atom. The number of carbonyl (C=O) groups excluding carboxylic acids is 3. The molecule has 196 valence electrons. The van der Waals surface area contributed by atoms with Crippen LogP contribution in [0.5, 0.6) is 5.75 Å². The molecular weight excluding hydrogens is 516 g/mol. The number of hydrogen-bond acceptors (Lipinski definition) is 8. The number of ether oxygens (including phenoxy) is 2. The number of carbonyl (C=O) groups is 3. The van der Waals surface area contributed by atoms with Gasteiger partial charge in [0.15, 0.2) is 5.13 Å². The number of amides is 1. The Balaban J connectivity index is 1.49. The summed E-state index contributed by atoms with van der Waals surface area (Å²) in [6.45, 7) is 2.40. The average Bonchev–Trinajstić information content (AvgIpc) is 3.58. The second kappa shape index (κ2) is 10.9. The highest BCUT2D eigenvalue weighted by Gasteiger charge is 2.48. The van der Waals surface area contributed by atoms with Gasteiger partial charge < -0.3 is 14.6 Å². The first kappa shape index (κ1) is 25.9. The first-order valence-corrected chi connectivity index (χ1v) is 12.9. The molecule has 5 rings (SSSR count). The lowest BCUT2D eigenvalue weighted by Crippen LogP contribution is -2.29. The van der Waals surface area contributed by atoms with E-state index in [4.69, 9.17) is 9.47 Å². The number of rotatable bonds is 7. The molecule has 1 fully saturated rings. The van der Waals surface area contributed by atoms with Crippen LogP contribution in [0.25, 0.3) is 5.76 Å². The average molecular weight is 541 g/mol. The van der Waals surface area contributed by atoms with Gasteiger partial charge in [0.05, 0.1) is 24.3 Å². The van der Waals surface area contributed by atoms with Crippen molar-refractivity contribution < 1.29 is 29.0 Å². The van der Waals surface area contributed by atoms with Gasteiger partial charge in [-0.2, -0.15) is 0 Å². The number of hydrogen-bond donors (Lipinski definition) is 1.